The molecule has 1 aliphatic heterocycles. The molecule has 1 saturated heterocycles. The van der Waals surface area contributed by atoms with Crippen molar-refractivity contribution in [3.05, 3.63) is 29.8 Å². The number of carbonyl (C=O) groups excluding carboxylic acids is 4. The monoisotopic (exact) mass is 400 g/mol. The van der Waals surface area contributed by atoms with E-state index in [2.05, 4.69) is 16.3 Å². The van der Waals surface area contributed by atoms with Crippen LogP contribution in [0.15, 0.2) is 24.3 Å². The highest BCUT2D eigenvalue weighted by Crippen LogP contribution is 2.27. The Morgan fingerprint density at radius 1 is 1.17 bits per heavy atom. The molecule has 1 heterocycles. The van der Waals surface area contributed by atoms with Crippen molar-refractivity contribution in [1.82, 2.24) is 15.1 Å². The lowest BCUT2D eigenvalue weighted by Crippen LogP contribution is -2.44. The molecular weight excluding hydrogens is 372 g/mol. The van der Waals surface area contributed by atoms with Gasteiger partial charge in [0.05, 0.1) is 0 Å². The van der Waals surface area contributed by atoms with Gasteiger partial charge in [0.1, 0.15) is 6.54 Å². The predicted molar refractivity (Wildman–Crippen MR) is 108 cm³/mol. The standard InChI is InChI=1S/C21H28N4O4/c1-3-23(17-10-6-7-15(2)13-17)12-11-22-18(26)14-24-19(27)20(28)25(21(24)29)16-8-4-5-9-16/h6-7,10,13,16H,3-5,8-9,11-12,14H2,1-2H3,(H,22,26). The summed E-state index contributed by atoms with van der Waals surface area (Å²) in [7, 11) is 0. The Hall–Kier alpha value is -2.90. The lowest BCUT2D eigenvalue weighted by Gasteiger charge is -2.24. The average molecular weight is 400 g/mol. The van der Waals surface area contributed by atoms with Crippen LogP contribution in [0.25, 0.3) is 0 Å². The number of aryl methyl sites for hydroxylation is 1. The molecule has 0 aromatic heterocycles. The molecule has 2 fully saturated rings. The van der Waals surface area contributed by atoms with E-state index in [1.165, 1.54) is 0 Å². The normalized spacial score (nSPS) is 17.4. The summed E-state index contributed by atoms with van der Waals surface area (Å²) >= 11 is 0. The van der Waals surface area contributed by atoms with E-state index in [9.17, 15) is 19.2 Å². The number of benzene rings is 1. The molecule has 1 aromatic rings. The molecule has 1 N–H and O–H groups in total. The van der Waals surface area contributed by atoms with Crippen LogP contribution in [0.2, 0.25) is 0 Å². The summed E-state index contributed by atoms with van der Waals surface area (Å²) < 4.78 is 0. The summed E-state index contributed by atoms with van der Waals surface area (Å²) in [5.74, 6) is -2.17. The van der Waals surface area contributed by atoms with Crippen LogP contribution in [0.1, 0.15) is 38.2 Å². The highest BCUT2D eigenvalue weighted by atomic mass is 16.2. The van der Waals surface area contributed by atoms with E-state index in [1.807, 2.05) is 32.0 Å². The Morgan fingerprint density at radius 2 is 1.90 bits per heavy atom. The Labute approximate surface area is 170 Å². The number of anilines is 1. The number of likely N-dealkylation sites (N-methyl/N-ethyl adjacent to an activating group) is 1. The van der Waals surface area contributed by atoms with Crippen molar-refractivity contribution in [3.8, 4) is 0 Å². The maximum atomic E-state index is 12.5. The lowest BCUT2D eigenvalue weighted by molar-refractivity contribution is -0.144. The van der Waals surface area contributed by atoms with E-state index >= 15 is 0 Å². The number of urea groups is 1. The number of rotatable bonds is 8. The van der Waals surface area contributed by atoms with E-state index in [1.54, 1.807) is 0 Å². The van der Waals surface area contributed by atoms with Gasteiger partial charge in [0.15, 0.2) is 0 Å². The van der Waals surface area contributed by atoms with Crippen molar-refractivity contribution in [2.24, 2.45) is 0 Å². The lowest BCUT2D eigenvalue weighted by atomic mass is 10.2. The number of hydrogen-bond donors (Lipinski definition) is 1. The van der Waals surface area contributed by atoms with Gasteiger partial charge in [-0.3, -0.25) is 19.3 Å². The highest BCUT2D eigenvalue weighted by Gasteiger charge is 2.48. The van der Waals surface area contributed by atoms with Crippen LogP contribution in [0.5, 0.6) is 0 Å². The number of nitrogens with zero attached hydrogens (tertiary/aromatic N) is 3. The molecule has 0 unspecified atom stereocenters. The molecule has 1 saturated carbocycles. The molecule has 156 valence electrons. The summed E-state index contributed by atoms with van der Waals surface area (Å²) in [6, 6.07) is 7.22. The fraction of sp³-hybridized carbons (Fsp3) is 0.524. The molecule has 0 radical (unpaired) electrons. The van der Waals surface area contributed by atoms with Crippen molar-refractivity contribution in [3.63, 3.8) is 0 Å². The minimum absolute atomic E-state index is 0.223. The van der Waals surface area contributed by atoms with Crippen molar-refractivity contribution in [2.75, 3.05) is 31.1 Å². The molecule has 29 heavy (non-hydrogen) atoms. The number of imide groups is 2. The second-order valence-electron chi connectivity index (χ2n) is 7.56. The maximum Gasteiger partial charge on any atom is 0.334 e. The molecule has 0 bridgehead atoms. The van der Waals surface area contributed by atoms with Crippen LogP contribution in [-0.2, 0) is 14.4 Å². The van der Waals surface area contributed by atoms with Crippen LogP contribution >= 0.6 is 0 Å². The van der Waals surface area contributed by atoms with Crippen LogP contribution in [-0.4, -0.2) is 65.8 Å². The molecule has 2 aliphatic rings. The Morgan fingerprint density at radius 3 is 2.55 bits per heavy atom. The summed E-state index contributed by atoms with van der Waals surface area (Å²) in [6.07, 6.45) is 3.31. The van der Waals surface area contributed by atoms with Gasteiger partial charge >= 0.3 is 17.8 Å². The number of nitrogens with one attached hydrogen (secondary N) is 1. The topological polar surface area (TPSA) is 90.0 Å². The SMILES string of the molecule is CCN(CCNC(=O)CN1C(=O)C(=O)N(C2CCCC2)C1=O)c1cccc(C)c1. The third-order valence-electron chi connectivity index (χ3n) is 5.53. The fourth-order valence-electron chi connectivity index (χ4n) is 3.97. The smallest absolute Gasteiger partial charge is 0.334 e. The van der Waals surface area contributed by atoms with Crippen LogP contribution in [0.4, 0.5) is 10.5 Å². The molecule has 1 aromatic carbocycles. The van der Waals surface area contributed by atoms with Gasteiger partial charge in [-0.1, -0.05) is 25.0 Å². The zero-order valence-corrected chi connectivity index (χ0v) is 17.0. The van der Waals surface area contributed by atoms with E-state index in [4.69, 9.17) is 0 Å². The molecule has 5 amide bonds. The minimum Gasteiger partial charge on any atom is -0.370 e. The largest absolute Gasteiger partial charge is 0.370 e. The quantitative estimate of drug-likeness (QED) is 0.530. The predicted octanol–water partition coefficient (Wildman–Crippen LogP) is 1.67. The molecule has 3 rings (SSSR count). The van der Waals surface area contributed by atoms with Crippen LogP contribution in [0, 0.1) is 6.92 Å². The zero-order valence-electron chi connectivity index (χ0n) is 17.0. The van der Waals surface area contributed by atoms with Crippen molar-refractivity contribution in [2.45, 2.75) is 45.6 Å². The molecule has 1 aliphatic carbocycles. The highest BCUT2D eigenvalue weighted by molar-refractivity contribution is 6.45. The molecule has 8 heteroatoms. The van der Waals surface area contributed by atoms with E-state index in [0.717, 1.165) is 53.3 Å². The van der Waals surface area contributed by atoms with Gasteiger partial charge in [-0.05, 0) is 44.4 Å². The Kier molecular flexibility index (Phi) is 6.51. The van der Waals surface area contributed by atoms with Gasteiger partial charge in [0.2, 0.25) is 5.91 Å². The third kappa shape index (κ3) is 4.58. The van der Waals surface area contributed by atoms with Crippen molar-refractivity contribution < 1.29 is 19.2 Å². The Bertz CT molecular complexity index is 804. The molecule has 0 atom stereocenters. The number of amides is 5. The third-order valence-corrected chi connectivity index (χ3v) is 5.53. The first-order valence-corrected chi connectivity index (χ1v) is 10.2. The van der Waals surface area contributed by atoms with Gasteiger partial charge in [0.25, 0.3) is 0 Å². The van der Waals surface area contributed by atoms with Crippen LogP contribution in [0.3, 0.4) is 0 Å². The van der Waals surface area contributed by atoms with Gasteiger partial charge in [-0.25, -0.2) is 9.69 Å². The van der Waals surface area contributed by atoms with Crippen LogP contribution < -0.4 is 10.2 Å². The zero-order chi connectivity index (χ0) is 21.0. The summed E-state index contributed by atoms with van der Waals surface area (Å²) in [6.45, 7) is 5.39. The average Bonchev–Trinajstić information content (AvgIpc) is 3.29. The first kappa shape index (κ1) is 20.8. The molecule has 8 nitrogen and oxygen atoms in total. The maximum absolute atomic E-state index is 12.5. The van der Waals surface area contributed by atoms with Gasteiger partial charge in [-0.2, -0.15) is 0 Å². The van der Waals surface area contributed by atoms with Gasteiger partial charge < -0.3 is 10.2 Å². The first-order valence-electron chi connectivity index (χ1n) is 10.2. The minimum atomic E-state index is -0.910. The number of carbonyl (C=O) groups is 4. The first-order chi connectivity index (χ1) is 13.9. The fourth-order valence-corrected chi connectivity index (χ4v) is 3.97. The van der Waals surface area contributed by atoms with Crippen molar-refractivity contribution in [1.29, 1.82) is 0 Å². The summed E-state index contributed by atoms with van der Waals surface area (Å²) in [4.78, 5) is 53.1. The number of hydrogen-bond acceptors (Lipinski definition) is 5. The second-order valence-corrected chi connectivity index (χ2v) is 7.56. The summed E-state index contributed by atoms with van der Waals surface area (Å²) in [5, 5.41) is 2.74. The Balaban J connectivity index is 1.51. The van der Waals surface area contributed by atoms with Crippen molar-refractivity contribution >= 4 is 29.4 Å². The van der Waals surface area contributed by atoms with E-state index < -0.39 is 30.3 Å². The van der Waals surface area contributed by atoms with Gasteiger partial charge in [-0.15, -0.1) is 0 Å². The summed E-state index contributed by atoms with van der Waals surface area (Å²) in [5.41, 5.74) is 2.23. The molecular formula is C21H28N4O4. The molecule has 0 spiro atoms. The van der Waals surface area contributed by atoms with Gasteiger partial charge in [0, 0.05) is 31.4 Å². The second kappa shape index (κ2) is 9.07. The van der Waals surface area contributed by atoms with E-state index in [0.29, 0.717) is 13.1 Å². The van der Waals surface area contributed by atoms with E-state index in [-0.39, 0.29) is 6.04 Å².